The molecule has 1 saturated carbocycles. The van der Waals surface area contributed by atoms with Gasteiger partial charge in [-0.3, -0.25) is 9.48 Å². The van der Waals surface area contributed by atoms with Gasteiger partial charge in [-0.1, -0.05) is 11.6 Å². The average molecular weight is 454 g/mol. The van der Waals surface area contributed by atoms with Crippen LogP contribution < -0.4 is 5.32 Å². The van der Waals surface area contributed by atoms with Crippen LogP contribution >= 0.6 is 11.6 Å². The van der Waals surface area contributed by atoms with Crippen LogP contribution in [0, 0.1) is 5.82 Å². The molecule has 31 heavy (non-hydrogen) atoms. The predicted octanol–water partition coefficient (Wildman–Crippen LogP) is 3.74. The number of nitrogens with zero attached hydrogens (tertiary/aromatic N) is 4. The van der Waals surface area contributed by atoms with Crippen LogP contribution in [0.2, 0.25) is 5.02 Å². The lowest BCUT2D eigenvalue weighted by atomic mass is 10.1. The molecule has 2 aromatic rings. The number of hydrogen-bond donors (Lipinski definition) is 1. The zero-order chi connectivity index (χ0) is 22.0. The van der Waals surface area contributed by atoms with E-state index in [-0.39, 0.29) is 23.6 Å². The summed E-state index contributed by atoms with van der Waals surface area (Å²) in [5.74, 6) is -3.95. The fourth-order valence-corrected chi connectivity index (χ4v) is 4.61. The maximum absolute atomic E-state index is 14.0. The average Bonchev–Trinajstić information content (AvgIpc) is 3.25. The van der Waals surface area contributed by atoms with Gasteiger partial charge in [-0.2, -0.15) is 5.10 Å². The first kappa shape index (κ1) is 20.2. The van der Waals surface area contributed by atoms with Gasteiger partial charge in [0.05, 0.1) is 42.1 Å². The summed E-state index contributed by atoms with van der Waals surface area (Å²) in [4.78, 5) is 28.6. The maximum Gasteiger partial charge on any atom is 0.322 e. The summed E-state index contributed by atoms with van der Waals surface area (Å²) in [5, 5.41) is 6.76. The Morgan fingerprint density at radius 1 is 1.19 bits per heavy atom. The molecular weight excluding hydrogens is 435 g/mol. The highest BCUT2D eigenvalue weighted by atomic mass is 35.5. The van der Waals surface area contributed by atoms with Crippen LogP contribution in [-0.4, -0.2) is 56.1 Å². The monoisotopic (exact) mass is 453 g/mol. The quantitative estimate of drug-likeness (QED) is 0.753. The van der Waals surface area contributed by atoms with Crippen molar-refractivity contribution in [3.05, 3.63) is 46.5 Å². The van der Waals surface area contributed by atoms with E-state index in [1.54, 1.807) is 4.68 Å². The molecule has 164 valence electrons. The number of nitrogens with one attached hydrogen (secondary N) is 1. The van der Waals surface area contributed by atoms with E-state index in [0.29, 0.717) is 37.3 Å². The summed E-state index contributed by atoms with van der Waals surface area (Å²) in [7, 11) is 0. The third-order valence-electron chi connectivity index (χ3n) is 6.18. The molecule has 3 aliphatic rings. The number of alkyl halides is 2. The van der Waals surface area contributed by atoms with Crippen molar-refractivity contribution in [2.75, 3.05) is 18.4 Å². The van der Waals surface area contributed by atoms with Crippen molar-refractivity contribution < 1.29 is 22.8 Å². The van der Waals surface area contributed by atoms with E-state index in [2.05, 4.69) is 10.4 Å². The first-order valence-corrected chi connectivity index (χ1v) is 10.3. The van der Waals surface area contributed by atoms with Crippen LogP contribution in [-0.2, 0) is 13.1 Å². The highest BCUT2D eigenvalue weighted by molar-refractivity contribution is 6.31. The highest BCUT2D eigenvalue weighted by Gasteiger charge is 2.63. The number of hydrogen-bond acceptors (Lipinski definition) is 3. The Labute approximate surface area is 180 Å². The summed E-state index contributed by atoms with van der Waals surface area (Å²) in [6.07, 6.45) is 2.24. The minimum atomic E-state index is -2.89. The number of carbonyl (C=O) groups excluding carboxylic acids is 2. The molecule has 2 fully saturated rings. The molecule has 3 amide bonds. The van der Waals surface area contributed by atoms with E-state index in [1.165, 1.54) is 28.1 Å². The SMILES string of the molecule is O=C(Nc1ccc(F)c(Cl)c1)N1CCn2ncc(C(=O)N3CC(F)(F)CC34CC4)c2C1. The van der Waals surface area contributed by atoms with Gasteiger partial charge in [-0.15, -0.1) is 0 Å². The Hall–Kier alpha value is -2.75. The minimum absolute atomic E-state index is 0.0963. The van der Waals surface area contributed by atoms with Gasteiger partial charge < -0.3 is 15.1 Å². The molecule has 0 bridgehead atoms. The van der Waals surface area contributed by atoms with E-state index in [4.69, 9.17) is 11.6 Å². The van der Waals surface area contributed by atoms with Crippen LogP contribution in [0.4, 0.5) is 23.7 Å². The zero-order valence-corrected chi connectivity index (χ0v) is 17.1. The van der Waals surface area contributed by atoms with Gasteiger partial charge in [-0.25, -0.2) is 18.0 Å². The lowest BCUT2D eigenvalue weighted by Gasteiger charge is -2.29. The second kappa shape index (κ2) is 6.88. The third-order valence-corrected chi connectivity index (χ3v) is 6.47. The Morgan fingerprint density at radius 2 is 1.97 bits per heavy atom. The summed E-state index contributed by atoms with van der Waals surface area (Å²) < 4.78 is 42.9. The molecule has 3 heterocycles. The smallest absolute Gasteiger partial charge is 0.322 e. The van der Waals surface area contributed by atoms with Crippen molar-refractivity contribution in [1.29, 1.82) is 0 Å². The molecule has 1 aromatic carbocycles. The van der Waals surface area contributed by atoms with Gasteiger partial charge in [0.2, 0.25) is 0 Å². The maximum atomic E-state index is 14.0. The van der Waals surface area contributed by atoms with Crippen LogP contribution in [0.1, 0.15) is 35.3 Å². The van der Waals surface area contributed by atoms with Crippen molar-refractivity contribution in [1.82, 2.24) is 19.6 Å². The Balaban J connectivity index is 1.33. The molecule has 0 radical (unpaired) electrons. The first-order valence-electron chi connectivity index (χ1n) is 9.93. The third kappa shape index (κ3) is 3.52. The summed E-state index contributed by atoms with van der Waals surface area (Å²) in [5.41, 5.74) is 0.339. The number of urea groups is 1. The van der Waals surface area contributed by atoms with E-state index >= 15 is 0 Å². The van der Waals surface area contributed by atoms with Crippen molar-refractivity contribution in [3.63, 3.8) is 0 Å². The second-order valence-electron chi connectivity index (χ2n) is 8.36. The molecule has 1 aromatic heterocycles. The summed E-state index contributed by atoms with van der Waals surface area (Å²) in [6.45, 7) is 0.210. The number of likely N-dealkylation sites (tertiary alicyclic amines) is 1. The van der Waals surface area contributed by atoms with Crippen molar-refractivity contribution >= 4 is 29.2 Å². The predicted molar refractivity (Wildman–Crippen MR) is 106 cm³/mol. The second-order valence-corrected chi connectivity index (χ2v) is 8.76. The van der Waals surface area contributed by atoms with Crippen molar-refractivity contribution in [3.8, 4) is 0 Å². The molecule has 5 rings (SSSR count). The van der Waals surface area contributed by atoms with Crippen molar-refractivity contribution in [2.45, 2.75) is 43.8 Å². The molecule has 1 aliphatic carbocycles. The minimum Gasteiger partial charge on any atom is -0.327 e. The number of benzene rings is 1. The number of halogens is 4. The van der Waals surface area contributed by atoms with Gasteiger partial charge in [-0.05, 0) is 31.0 Å². The van der Waals surface area contributed by atoms with Crippen LogP contribution in [0.5, 0.6) is 0 Å². The number of amides is 3. The van der Waals surface area contributed by atoms with Crippen molar-refractivity contribution in [2.24, 2.45) is 0 Å². The number of carbonyl (C=O) groups is 2. The number of anilines is 1. The standard InChI is InChI=1S/C20H19ClF3N5O2/c21-14-7-12(1-2-15(14)22)26-18(31)27-5-6-29-16(9-27)13(8-25-29)17(30)28-11-20(23,24)10-19(28)3-4-19/h1-2,7-8H,3-6,9-11H2,(H,26,31). The molecule has 0 atom stereocenters. The fraction of sp³-hybridized carbons (Fsp3) is 0.450. The molecule has 11 heteroatoms. The lowest BCUT2D eigenvalue weighted by molar-refractivity contribution is 0.0117. The van der Waals surface area contributed by atoms with E-state index in [0.717, 1.165) is 6.07 Å². The van der Waals surface area contributed by atoms with Gasteiger partial charge in [0.1, 0.15) is 5.82 Å². The highest BCUT2D eigenvalue weighted by Crippen LogP contribution is 2.54. The van der Waals surface area contributed by atoms with Crippen LogP contribution in [0.3, 0.4) is 0 Å². The van der Waals surface area contributed by atoms with Gasteiger partial charge in [0, 0.05) is 24.2 Å². The Morgan fingerprint density at radius 3 is 2.68 bits per heavy atom. The summed E-state index contributed by atoms with van der Waals surface area (Å²) >= 11 is 5.75. The first-order chi connectivity index (χ1) is 14.7. The van der Waals surface area contributed by atoms with Crippen LogP contribution in [0.25, 0.3) is 0 Å². The number of rotatable bonds is 2. The van der Waals surface area contributed by atoms with E-state index in [9.17, 15) is 22.8 Å². The molecule has 7 nitrogen and oxygen atoms in total. The largest absolute Gasteiger partial charge is 0.327 e. The molecular formula is C20H19ClF3N5O2. The van der Waals surface area contributed by atoms with E-state index in [1.807, 2.05) is 0 Å². The molecule has 1 saturated heterocycles. The topological polar surface area (TPSA) is 70.5 Å². The van der Waals surface area contributed by atoms with Crippen LogP contribution in [0.15, 0.2) is 24.4 Å². The molecule has 1 N–H and O–H groups in total. The zero-order valence-electron chi connectivity index (χ0n) is 16.4. The Bertz CT molecular complexity index is 1080. The summed E-state index contributed by atoms with van der Waals surface area (Å²) in [6, 6.07) is 3.41. The van der Waals surface area contributed by atoms with Gasteiger partial charge in [0.15, 0.2) is 0 Å². The normalized spacial score (nSPS) is 20.6. The molecule has 1 spiro atoms. The lowest BCUT2D eigenvalue weighted by Crippen LogP contribution is -2.42. The molecule has 0 unspecified atom stereocenters. The van der Waals surface area contributed by atoms with Gasteiger partial charge >= 0.3 is 6.03 Å². The van der Waals surface area contributed by atoms with E-state index < -0.39 is 35.8 Å². The number of aromatic nitrogens is 2. The Kier molecular flexibility index (Phi) is 4.47. The molecule has 2 aliphatic heterocycles. The fourth-order valence-electron chi connectivity index (χ4n) is 4.43. The number of fused-ring (bicyclic) bond motifs is 1. The van der Waals surface area contributed by atoms with Gasteiger partial charge in [0.25, 0.3) is 11.8 Å².